The van der Waals surface area contributed by atoms with Crippen LogP contribution in [0.15, 0.2) is 86.3 Å². The number of hydrogen-bond donors (Lipinski definition) is 0. The first kappa shape index (κ1) is 22.9. The lowest BCUT2D eigenvalue weighted by Gasteiger charge is -2.11. The van der Waals surface area contributed by atoms with Crippen molar-refractivity contribution in [1.29, 1.82) is 0 Å². The van der Waals surface area contributed by atoms with Crippen LogP contribution in [0.25, 0.3) is 0 Å². The molecule has 0 aliphatic rings. The molecule has 0 saturated heterocycles. The van der Waals surface area contributed by atoms with Gasteiger partial charge in [-0.25, -0.2) is 8.42 Å². The van der Waals surface area contributed by atoms with Crippen molar-refractivity contribution in [1.82, 2.24) is 0 Å². The highest BCUT2D eigenvalue weighted by molar-refractivity contribution is 7.99. The van der Waals surface area contributed by atoms with Crippen LogP contribution in [0.1, 0.15) is 19.4 Å². The molecule has 7 heteroatoms. The van der Waals surface area contributed by atoms with Gasteiger partial charge in [0.2, 0.25) is 9.84 Å². The van der Waals surface area contributed by atoms with Crippen LogP contribution in [0.5, 0.6) is 11.5 Å². The summed E-state index contributed by atoms with van der Waals surface area (Å²) in [5, 5.41) is 0. The van der Waals surface area contributed by atoms with Crippen LogP contribution in [-0.4, -0.2) is 27.9 Å². The smallest absolute Gasteiger partial charge is 0.206 e. The van der Waals surface area contributed by atoms with Gasteiger partial charge in [0.1, 0.15) is 17.8 Å². The van der Waals surface area contributed by atoms with Crippen LogP contribution >= 0.6 is 11.8 Å². The van der Waals surface area contributed by atoms with Crippen molar-refractivity contribution in [3.8, 4) is 11.5 Å². The zero-order chi connectivity index (χ0) is 22.3. The number of sulfone groups is 1. The molecule has 0 N–H and O–H groups in total. The molecule has 5 nitrogen and oxygen atoms in total. The molecule has 0 radical (unpaired) electrons. The van der Waals surface area contributed by atoms with E-state index < -0.39 is 9.84 Å². The van der Waals surface area contributed by atoms with Gasteiger partial charge in [-0.3, -0.25) is 0 Å². The average Bonchev–Trinajstić information content (AvgIpc) is 2.75. The Kier molecular flexibility index (Phi) is 7.76. The lowest BCUT2D eigenvalue weighted by Crippen LogP contribution is -2.04. The molecule has 0 aliphatic heterocycles. The highest BCUT2D eigenvalue weighted by atomic mass is 32.2. The van der Waals surface area contributed by atoms with E-state index in [0.717, 1.165) is 21.8 Å². The van der Waals surface area contributed by atoms with E-state index in [4.69, 9.17) is 9.47 Å². The second-order valence-corrected chi connectivity index (χ2v) is 9.70. The number of hydrogen-bond acceptors (Lipinski definition) is 6. The zero-order valence-electron chi connectivity index (χ0n) is 17.4. The number of carbonyl (C=O) groups is 1. The number of aldehydes is 1. The van der Waals surface area contributed by atoms with E-state index in [9.17, 15) is 13.2 Å². The van der Waals surface area contributed by atoms with Crippen LogP contribution in [-0.2, 0) is 21.1 Å². The summed E-state index contributed by atoms with van der Waals surface area (Å²) in [5.74, 6) is 1.23. The topological polar surface area (TPSA) is 69.7 Å². The molecule has 3 aromatic rings. The third-order valence-corrected chi connectivity index (χ3v) is 7.11. The molecule has 162 valence electrons. The largest absolute Gasteiger partial charge is 0.494 e. The van der Waals surface area contributed by atoms with Crippen molar-refractivity contribution in [2.45, 2.75) is 39.9 Å². The Morgan fingerprint density at radius 2 is 1.52 bits per heavy atom. The summed E-state index contributed by atoms with van der Waals surface area (Å²) in [6.07, 6.45) is 0.869. The minimum absolute atomic E-state index is 0.111. The van der Waals surface area contributed by atoms with E-state index in [-0.39, 0.29) is 16.2 Å². The molecular weight excluding hydrogens is 432 g/mol. The van der Waals surface area contributed by atoms with Crippen molar-refractivity contribution in [2.24, 2.45) is 0 Å². The van der Waals surface area contributed by atoms with Crippen molar-refractivity contribution < 1.29 is 22.7 Å². The van der Waals surface area contributed by atoms with E-state index in [1.165, 1.54) is 23.9 Å². The van der Waals surface area contributed by atoms with E-state index in [0.29, 0.717) is 24.5 Å². The molecule has 0 amide bonds. The normalized spacial score (nSPS) is 11.2. The number of benzene rings is 3. The summed E-state index contributed by atoms with van der Waals surface area (Å²) in [7, 11) is -3.75. The Hall–Kier alpha value is -2.77. The van der Waals surface area contributed by atoms with Gasteiger partial charge in [0.15, 0.2) is 0 Å². The molecular formula is C24H24O5S2. The molecule has 0 aliphatic carbocycles. The van der Waals surface area contributed by atoms with Crippen molar-refractivity contribution in [3.63, 3.8) is 0 Å². The highest BCUT2D eigenvalue weighted by Crippen LogP contribution is 2.32. The Labute approximate surface area is 187 Å². The van der Waals surface area contributed by atoms with Gasteiger partial charge in [0.25, 0.3) is 0 Å². The molecule has 0 fully saturated rings. The van der Waals surface area contributed by atoms with E-state index in [2.05, 4.69) is 0 Å². The third kappa shape index (κ3) is 5.89. The standard InChI is InChI=1S/C24H24O5S2/c1-3-28-19-6-5-7-22(16-19)30-21-8-10-23(11-9-21)31(26,27)24-15-18(12-13-25)14-20(17-24)29-4-2/h5-11,13-17H,3-4,12H2,1-2H3. The Morgan fingerprint density at radius 3 is 2.19 bits per heavy atom. The second-order valence-electron chi connectivity index (χ2n) is 6.60. The second kappa shape index (κ2) is 10.5. The summed E-state index contributed by atoms with van der Waals surface area (Å²) in [6, 6.07) is 19.2. The molecule has 0 saturated carbocycles. The van der Waals surface area contributed by atoms with Crippen LogP contribution < -0.4 is 9.47 Å². The van der Waals surface area contributed by atoms with Crippen LogP contribution in [0, 0.1) is 0 Å². The number of rotatable bonds is 10. The average molecular weight is 457 g/mol. The van der Waals surface area contributed by atoms with Gasteiger partial charge in [0, 0.05) is 16.2 Å². The fourth-order valence-electron chi connectivity index (χ4n) is 3.00. The van der Waals surface area contributed by atoms with Crippen molar-refractivity contribution in [2.75, 3.05) is 13.2 Å². The molecule has 0 unspecified atom stereocenters. The lowest BCUT2D eigenvalue weighted by molar-refractivity contribution is -0.107. The quantitative estimate of drug-likeness (QED) is 0.390. The van der Waals surface area contributed by atoms with Gasteiger partial charge in [-0.2, -0.15) is 0 Å². The lowest BCUT2D eigenvalue weighted by atomic mass is 10.1. The minimum Gasteiger partial charge on any atom is -0.494 e. The van der Waals surface area contributed by atoms with Gasteiger partial charge >= 0.3 is 0 Å². The first-order valence-electron chi connectivity index (χ1n) is 9.92. The fourth-order valence-corrected chi connectivity index (χ4v) is 5.21. The first-order chi connectivity index (χ1) is 15.0. The maximum Gasteiger partial charge on any atom is 0.206 e. The number of carbonyl (C=O) groups excluding carboxylic acids is 1. The van der Waals surface area contributed by atoms with Crippen molar-refractivity contribution >= 4 is 27.9 Å². The molecule has 31 heavy (non-hydrogen) atoms. The summed E-state index contributed by atoms with van der Waals surface area (Å²) in [6.45, 7) is 4.76. The molecule has 0 bridgehead atoms. The Bertz CT molecular complexity index is 1140. The Balaban J connectivity index is 1.86. The van der Waals surface area contributed by atoms with Crippen LogP contribution in [0.2, 0.25) is 0 Å². The Morgan fingerprint density at radius 1 is 0.806 bits per heavy atom. The SMILES string of the molecule is CCOc1cccc(Sc2ccc(S(=O)(=O)c3cc(CC=O)cc(OCC)c3)cc2)c1. The van der Waals surface area contributed by atoms with Gasteiger partial charge in [0.05, 0.1) is 23.0 Å². The molecule has 0 heterocycles. The summed E-state index contributed by atoms with van der Waals surface area (Å²) in [4.78, 5) is 13.1. The predicted molar refractivity (Wildman–Crippen MR) is 121 cm³/mol. The number of ether oxygens (including phenoxy) is 2. The summed E-state index contributed by atoms with van der Waals surface area (Å²) >= 11 is 1.53. The maximum atomic E-state index is 13.2. The first-order valence-corrected chi connectivity index (χ1v) is 12.2. The van der Waals surface area contributed by atoms with Gasteiger partial charge in [-0.05, 0) is 80.1 Å². The van der Waals surface area contributed by atoms with E-state index >= 15 is 0 Å². The van der Waals surface area contributed by atoms with E-state index in [1.54, 1.807) is 30.3 Å². The maximum absolute atomic E-state index is 13.2. The van der Waals surface area contributed by atoms with E-state index in [1.807, 2.05) is 38.1 Å². The molecule has 3 aromatic carbocycles. The highest BCUT2D eigenvalue weighted by Gasteiger charge is 2.19. The van der Waals surface area contributed by atoms with Gasteiger partial charge in [-0.15, -0.1) is 0 Å². The van der Waals surface area contributed by atoms with Crippen molar-refractivity contribution in [3.05, 3.63) is 72.3 Å². The molecule has 0 spiro atoms. The zero-order valence-corrected chi connectivity index (χ0v) is 19.0. The fraction of sp³-hybridized carbons (Fsp3) is 0.208. The summed E-state index contributed by atoms with van der Waals surface area (Å²) in [5.41, 5.74) is 0.598. The molecule has 0 atom stereocenters. The predicted octanol–water partition coefficient (Wildman–Crippen LogP) is 5.21. The molecule has 0 aromatic heterocycles. The van der Waals surface area contributed by atoms with Crippen LogP contribution in [0.3, 0.4) is 0 Å². The third-order valence-electron chi connectivity index (χ3n) is 4.37. The summed E-state index contributed by atoms with van der Waals surface area (Å²) < 4.78 is 37.3. The minimum atomic E-state index is -3.75. The van der Waals surface area contributed by atoms with Gasteiger partial charge < -0.3 is 14.3 Å². The monoisotopic (exact) mass is 456 g/mol. The van der Waals surface area contributed by atoms with Gasteiger partial charge in [-0.1, -0.05) is 17.8 Å². The molecule has 3 rings (SSSR count). The van der Waals surface area contributed by atoms with Crippen LogP contribution in [0.4, 0.5) is 0 Å².